The number of carbonyl (C=O) groups is 2. The normalized spacial score (nSPS) is 13.9. The summed E-state index contributed by atoms with van der Waals surface area (Å²) in [6.07, 6.45) is 44.3. The fourth-order valence-corrected chi connectivity index (χ4v) is 7.42. The number of allylic oxidation sites excluding steroid dienone is 4. The maximum absolute atomic E-state index is 12.6. The van der Waals surface area contributed by atoms with Crippen molar-refractivity contribution in [2.45, 2.75) is 238 Å². The lowest BCUT2D eigenvalue weighted by atomic mass is 10.0. The molecule has 342 valence electrons. The van der Waals surface area contributed by atoms with E-state index in [4.69, 9.17) is 23.6 Å². The van der Waals surface area contributed by atoms with Crippen molar-refractivity contribution in [2.75, 3.05) is 26.4 Å². The first-order valence-corrected chi connectivity index (χ1v) is 25.3. The number of phosphoric ester groups is 1. The predicted molar refractivity (Wildman–Crippen MR) is 238 cm³/mol. The van der Waals surface area contributed by atoms with Crippen LogP contribution in [0.1, 0.15) is 226 Å². The molecule has 0 saturated heterocycles. The number of hydrogen-bond donors (Lipinski definition) is 3. The molecule has 0 heterocycles. The van der Waals surface area contributed by atoms with Gasteiger partial charge < -0.3 is 24.6 Å². The van der Waals surface area contributed by atoms with E-state index in [-0.39, 0.29) is 19.4 Å². The van der Waals surface area contributed by atoms with Crippen LogP contribution in [0, 0.1) is 0 Å². The van der Waals surface area contributed by atoms with Crippen LogP contribution in [0.5, 0.6) is 0 Å². The van der Waals surface area contributed by atoms with Gasteiger partial charge in [-0.15, -0.1) is 0 Å². The zero-order chi connectivity index (χ0) is 42.6. The van der Waals surface area contributed by atoms with Crippen molar-refractivity contribution < 1.29 is 47.8 Å². The van der Waals surface area contributed by atoms with Crippen molar-refractivity contribution in [1.82, 2.24) is 0 Å². The maximum Gasteiger partial charge on any atom is 0.472 e. The van der Waals surface area contributed by atoms with Gasteiger partial charge in [-0.3, -0.25) is 18.6 Å². The largest absolute Gasteiger partial charge is 0.472 e. The molecule has 0 aliphatic carbocycles. The molecule has 1 unspecified atom stereocenters. The molecule has 10 nitrogen and oxygen atoms in total. The van der Waals surface area contributed by atoms with Gasteiger partial charge in [0.05, 0.1) is 19.8 Å². The van der Waals surface area contributed by atoms with Crippen LogP contribution in [-0.4, -0.2) is 65.7 Å². The summed E-state index contributed by atoms with van der Waals surface area (Å²) in [5.74, 6) is -0.927. The molecule has 0 amide bonds. The molecular formula is C47H89O10P. The van der Waals surface area contributed by atoms with Crippen LogP contribution >= 0.6 is 7.82 Å². The van der Waals surface area contributed by atoms with Crippen LogP contribution < -0.4 is 0 Å². The molecule has 0 bridgehead atoms. The summed E-state index contributed by atoms with van der Waals surface area (Å²) in [6.45, 7) is 2.38. The summed E-state index contributed by atoms with van der Waals surface area (Å²) in [6, 6.07) is 0. The van der Waals surface area contributed by atoms with Crippen LogP contribution in [0.4, 0.5) is 0 Å². The summed E-state index contributed by atoms with van der Waals surface area (Å²) >= 11 is 0. The lowest BCUT2D eigenvalue weighted by Gasteiger charge is -2.20. The Morgan fingerprint density at radius 3 is 1.24 bits per heavy atom. The number of hydrogen-bond acceptors (Lipinski definition) is 9. The molecular weight excluding hydrogens is 755 g/mol. The fourth-order valence-electron chi connectivity index (χ4n) is 6.63. The van der Waals surface area contributed by atoms with Crippen molar-refractivity contribution >= 4 is 19.8 Å². The number of unbranched alkanes of at least 4 members (excludes halogenated alkanes) is 27. The van der Waals surface area contributed by atoms with E-state index < -0.39 is 51.8 Å². The first kappa shape index (κ1) is 56.5. The Morgan fingerprint density at radius 1 is 0.500 bits per heavy atom. The maximum atomic E-state index is 12.6. The van der Waals surface area contributed by atoms with E-state index in [0.29, 0.717) is 12.8 Å². The zero-order valence-corrected chi connectivity index (χ0v) is 38.2. The van der Waals surface area contributed by atoms with Crippen LogP contribution in [-0.2, 0) is 32.7 Å². The number of aliphatic hydroxyl groups is 2. The molecule has 0 aliphatic rings. The van der Waals surface area contributed by atoms with Gasteiger partial charge in [0, 0.05) is 12.8 Å². The Bertz CT molecular complexity index is 1020. The minimum Gasteiger partial charge on any atom is -0.462 e. The number of carbonyl (C=O) groups excluding carboxylic acids is 2. The standard InChI is InChI=1S/C47H89O10P/c1-3-5-7-9-11-13-15-17-19-20-21-22-23-24-25-27-29-31-33-35-37-39-47(51)57-45(43-56-58(52,53)55-41-44(49)40-48)42-54-46(50)38-36-34-32-30-28-26-18-16-14-12-10-8-6-4-2/h16-19,44-45,48-49H,3-15,20-43H2,1-2H3,(H,52,53)/b18-16+,19-17+/t44-,45+/m0/s1. The van der Waals surface area contributed by atoms with Crippen molar-refractivity contribution in [3.05, 3.63) is 24.3 Å². The number of phosphoric acid groups is 1. The van der Waals surface area contributed by atoms with Gasteiger partial charge in [-0.05, 0) is 64.2 Å². The third-order valence-corrected chi connectivity index (χ3v) is 11.3. The van der Waals surface area contributed by atoms with Crippen LogP contribution in [0.2, 0.25) is 0 Å². The number of rotatable bonds is 45. The molecule has 58 heavy (non-hydrogen) atoms. The first-order chi connectivity index (χ1) is 28.2. The second-order valence-electron chi connectivity index (χ2n) is 16.1. The van der Waals surface area contributed by atoms with E-state index in [1.54, 1.807) is 0 Å². The van der Waals surface area contributed by atoms with E-state index in [0.717, 1.165) is 51.4 Å². The summed E-state index contributed by atoms with van der Waals surface area (Å²) in [4.78, 5) is 35.1. The Labute approximate surface area is 355 Å². The van der Waals surface area contributed by atoms with Crippen molar-refractivity contribution in [3.63, 3.8) is 0 Å². The molecule has 0 aromatic heterocycles. The van der Waals surface area contributed by atoms with Crippen LogP contribution in [0.3, 0.4) is 0 Å². The second-order valence-corrected chi connectivity index (χ2v) is 17.6. The minimum atomic E-state index is -4.62. The third-order valence-electron chi connectivity index (χ3n) is 10.3. The summed E-state index contributed by atoms with van der Waals surface area (Å²) < 4.78 is 32.8. The van der Waals surface area contributed by atoms with Gasteiger partial charge >= 0.3 is 19.8 Å². The van der Waals surface area contributed by atoms with Gasteiger partial charge in [0.2, 0.25) is 0 Å². The quantitative estimate of drug-likeness (QED) is 0.0234. The Hall–Kier alpha value is -1.55. The van der Waals surface area contributed by atoms with Gasteiger partial charge in [0.15, 0.2) is 6.10 Å². The first-order valence-electron chi connectivity index (χ1n) is 23.8. The highest BCUT2D eigenvalue weighted by Crippen LogP contribution is 2.43. The summed E-state index contributed by atoms with van der Waals surface area (Å²) in [5, 5.41) is 18.4. The van der Waals surface area contributed by atoms with Crippen molar-refractivity contribution in [2.24, 2.45) is 0 Å². The Morgan fingerprint density at radius 2 is 0.845 bits per heavy atom. The fraction of sp³-hybridized carbons (Fsp3) is 0.872. The molecule has 0 aliphatic heterocycles. The molecule has 0 rings (SSSR count). The van der Waals surface area contributed by atoms with E-state index in [9.17, 15) is 24.2 Å². The van der Waals surface area contributed by atoms with E-state index in [2.05, 4.69) is 38.2 Å². The molecule has 11 heteroatoms. The van der Waals surface area contributed by atoms with E-state index >= 15 is 0 Å². The smallest absolute Gasteiger partial charge is 0.462 e. The highest BCUT2D eigenvalue weighted by atomic mass is 31.2. The Kier molecular flexibility index (Phi) is 42.4. The van der Waals surface area contributed by atoms with Gasteiger partial charge in [0.1, 0.15) is 12.7 Å². The van der Waals surface area contributed by atoms with E-state index in [1.807, 2.05) is 0 Å². The third kappa shape index (κ3) is 42.6. The topological polar surface area (TPSA) is 149 Å². The molecule has 0 aromatic rings. The number of aliphatic hydroxyl groups excluding tert-OH is 2. The molecule has 0 saturated carbocycles. The van der Waals surface area contributed by atoms with Crippen LogP contribution in [0.25, 0.3) is 0 Å². The molecule has 0 fully saturated rings. The number of ether oxygens (including phenoxy) is 2. The van der Waals surface area contributed by atoms with E-state index in [1.165, 1.54) is 135 Å². The van der Waals surface area contributed by atoms with Crippen molar-refractivity contribution in [3.8, 4) is 0 Å². The second kappa shape index (κ2) is 43.5. The molecule has 0 radical (unpaired) electrons. The number of esters is 2. The molecule has 0 aromatic carbocycles. The highest BCUT2D eigenvalue weighted by molar-refractivity contribution is 7.47. The lowest BCUT2D eigenvalue weighted by Crippen LogP contribution is -2.29. The van der Waals surface area contributed by atoms with Crippen LogP contribution in [0.15, 0.2) is 24.3 Å². The monoisotopic (exact) mass is 845 g/mol. The lowest BCUT2D eigenvalue weighted by molar-refractivity contribution is -0.161. The predicted octanol–water partition coefficient (Wildman–Crippen LogP) is 13.0. The Balaban J connectivity index is 4.20. The zero-order valence-electron chi connectivity index (χ0n) is 37.3. The molecule has 0 spiro atoms. The average Bonchev–Trinajstić information content (AvgIpc) is 3.21. The van der Waals surface area contributed by atoms with Gasteiger partial charge in [-0.2, -0.15) is 0 Å². The minimum absolute atomic E-state index is 0.184. The SMILES string of the molecule is CCCCCCC/C=C/CCCCCCCC(=O)OC[C@H](COP(=O)(O)OC[C@@H](O)CO)OC(=O)CCCCCCCCCCCCC/C=C/CCCCCCCC. The summed E-state index contributed by atoms with van der Waals surface area (Å²) in [5.41, 5.74) is 0. The van der Waals surface area contributed by atoms with Gasteiger partial charge in [-0.1, -0.05) is 173 Å². The highest BCUT2D eigenvalue weighted by Gasteiger charge is 2.27. The van der Waals surface area contributed by atoms with Crippen molar-refractivity contribution in [1.29, 1.82) is 0 Å². The summed E-state index contributed by atoms with van der Waals surface area (Å²) in [7, 11) is -4.62. The molecule has 3 atom stereocenters. The van der Waals surface area contributed by atoms with Gasteiger partial charge in [0.25, 0.3) is 0 Å². The molecule has 3 N–H and O–H groups in total. The van der Waals surface area contributed by atoms with Gasteiger partial charge in [-0.25, -0.2) is 4.57 Å². The average molecular weight is 845 g/mol.